The highest BCUT2D eigenvalue weighted by molar-refractivity contribution is 5.99. The smallest absolute Gasteiger partial charge is 0.269 e. The molecule has 3 N–H and O–H groups in total. The lowest BCUT2D eigenvalue weighted by Gasteiger charge is -2.09. The molecule has 0 aliphatic rings. The monoisotopic (exact) mass is 488 g/mol. The van der Waals surface area contributed by atoms with Gasteiger partial charge >= 0.3 is 0 Å². The van der Waals surface area contributed by atoms with E-state index in [1.165, 1.54) is 37.8 Å². The molecule has 0 aliphatic carbocycles. The largest absolute Gasteiger partial charge is 0.508 e. The average molecular weight is 489 g/mol. The first-order valence-corrected chi connectivity index (χ1v) is 12.2. The second kappa shape index (κ2) is 14.3. The van der Waals surface area contributed by atoms with Crippen LogP contribution in [0.5, 0.6) is 11.5 Å². The lowest BCUT2D eigenvalue weighted by molar-refractivity contribution is 0.0846. The van der Waals surface area contributed by atoms with Crippen molar-refractivity contribution in [3.05, 3.63) is 83.9 Å². The van der Waals surface area contributed by atoms with Gasteiger partial charge < -0.3 is 9.84 Å². The Morgan fingerprint density at radius 2 is 1.17 bits per heavy atom. The van der Waals surface area contributed by atoms with Crippen LogP contribution in [0.3, 0.4) is 0 Å². The van der Waals surface area contributed by atoms with E-state index < -0.39 is 11.8 Å². The third kappa shape index (κ3) is 8.87. The van der Waals surface area contributed by atoms with Crippen LogP contribution in [-0.4, -0.2) is 23.5 Å². The average Bonchev–Trinajstić information content (AvgIpc) is 2.91. The van der Waals surface area contributed by atoms with Gasteiger partial charge in [0.25, 0.3) is 11.8 Å². The van der Waals surface area contributed by atoms with Gasteiger partial charge in [0.1, 0.15) is 11.5 Å². The van der Waals surface area contributed by atoms with E-state index >= 15 is 0 Å². The number of hydrazine groups is 1. The zero-order chi connectivity index (χ0) is 25.6. The molecule has 3 aromatic carbocycles. The summed E-state index contributed by atoms with van der Waals surface area (Å²) in [4.78, 5) is 24.7. The molecule has 8 nitrogen and oxygen atoms in total. The number of rotatable bonds is 12. The van der Waals surface area contributed by atoms with Gasteiger partial charge in [-0.1, -0.05) is 39.0 Å². The maximum Gasteiger partial charge on any atom is 0.269 e. The number of azo groups is 1. The first-order valence-electron chi connectivity index (χ1n) is 12.2. The molecule has 0 heterocycles. The van der Waals surface area contributed by atoms with Crippen LogP contribution < -0.4 is 15.6 Å². The van der Waals surface area contributed by atoms with E-state index in [0.29, 0.717) is 34.9 Å². The Labute approximate surface area is 211 Å². The van der Waals surface area contributed by atoms with Crippen LogP contribution in [0, 0.1) is 0 Å². The van der Waals surface area contributed by atoms with Gasteiger partial charge in [-0.2, -0.15) is 10.2 Å². The summed E-state index contributed by atoms with van der Waals surface area (Å²) in [6.07, 6.45) is 7.21. The molecule has 3 rings (SSSR count). The summed E-state index contributed by atoms with van der Waals surface area (Å²) in [7, 11) is 0. The van der Waals surface area contributed by atoms with E-state index in [-0.39, 0.29) is 5.75 Å². The number of unbranched alkanes of at least 4 members (excludes halogenated alkanes) is 5. The van der Waals surface area contributed by atoms with E-state index in [1.54, 1.807) is 60.7 Å². The Kier molecular flexibility index (Phi) is 10.5. The maximum atomic E-state index is 12.4. The van der Waals surface area contributed by atoms with Crippen molar-refractivity contribution in [1.82, 2.24) is 10.9 Å². The van der Waals surface area contributed by atoms with Gasteiger partial charge in [-0.05, 0) is 79.2 Å². The Morgan fingerprint density at radius 1 is 0.694 bits per heavy atom. The minimum atomic E-state index is -0.454. The van der Waals surface area contributed by atoms with Gasteiger partial charge in [0, 0.05) is 11.1 Å². The van der Waals surface area contributed by atoms with Gasteiger partial charge in [0.05, 0.1) is 18.0 Å². The predicted molar refractivity (Wildman–Crippen MR) is 139 cm³/mol. The van der Waals surface area contributed by atoms with Crippen molar-refractivity contribution in [1.29, 1.82) is 0 Å². The summed E-state index contributed by atoms with van der Waals surface area (Å²) in [5.41, 5.74) is 6.75. The molecule has 0 radical (unpaired) electrons. The number of phenols is 1. The fourth-order valence-corrected chi connectivity index (χ4v) is 3.35. The van der Waals surface area contributed by atoms with Crippen LogP contribution in [0.15, 0.2) is 83.0 Å². The van der Waals surface area contributed by atoms with Gasteiger partial charge in [0.2, 0.25) is 0 Å². The van der Waals surface area contributed by atoms with Gasteiger partial charge in [-0.15, -0.1) is 0 Å². The Balaban J connectivity index is 1.40. The molecular formula is C28H32N4O4. The molecule has 8 heteroatoms. The number of hydrogen-bond acceptors (Lipinski definition) is 6. The van der Waals surface area contributed by atoms with Crippen molar-refractivity contribution in [2.75, 3.05) is 6.61 Å². The van der Waals surface area contributed by atoms with Crippen molar-refractivity contribution in [2.45, 2.75) is 45.4 Å². The molecule has 0 bridgehead atoms. The quantitative estimate of drug-likeness (QED) is 0.151. The molecule has 0 aliphatic heterocycles. The number of aromatic hydroxyl groups is 1. The lowest BCUT2D eigenvalue weighted by atomic mass is 10.1. The number of phenolic OH excluding ortho intramolecular Hbond substituents is 1. The van der Waals surface area contributed by atoms with Gasteiger partial charge in [-0.25, -0.2) is 0 Å². The normalized spacial score (nSPS) is 10.8. The SMILES string of the molecule is CCCCCCCCOc1ccc(C(=O)NNC(=O)c2ccc(N=Nc3ccc(O)cc3)cc2)cc1. The molecule has 0 aromatic heterocycles. The summed E-state index contributed by atoms with van der Waals surface area (Å²) in [6.45, 7) is 2.86. The molecule has 2 amide bonds. The molecule has 0 unspecified atom stereocenters. The molecule has 3 aromatic rings. The summed E-state index contributed by atoms with van der Waals surface area (Å²) in [5.74, 6) is -0.0116. The van der Waals surface area contributed by atoms with Crippen molar-refractivity contribution >= 4 is 23.2 Å². The van der Waals surface area contributed by atoms with Crippen LogP contribution in [0.4, 0.5) is 11.4 Å². The summed E-state index contributed by atoms with van der Waals surface area (Å²) < 4.78 is 5.73. The Hall–Kier alpha value is -4.20. The Morgan fingerprint density at radius 3 is 1.72 bits per heavy atom. The molecule has 36 heavy (non-hydrogen) atoms. The number of amides is 2. The highest BCUT2D eigenvalue weighted by atomic mass is 16.5. The van der Waals surface area contributed by atoms with Crippen LogP contribution in [0.1, 0.15) is 66.2 Å². The standard InChI is InChI=1S/C28H32N4O4/c1-2-3-4-5-6-7-20-36-26-18-10-22(11-19-26)28(35)32-31-27(34)21-8-12-23(13-9-21)29-30-24-14-16-25(33)17-15-24/h8-19,33H,2-7,20H2,1H3,(H,31,34)(H,32,35). The van der Waals surface area contributed by atoms with Crippen LogP contribution in [-0.2, 0) is 0 Å². The zero-order valence-electron chi connectivity index (χ0n) is 20.4. The fourth-order valence-electron chi connectivity index (χ4n) is 3.35. The predicted octanol–water partition coefficient (Wildman–Crippen LogP) is 6.62. The van der Waals surface area contributed by atoms with Crippen LogP contribution in [0.25, 0.3) is 0 Å². The minimum Gasteiger partial charge on any atom is -0.508 e. The molecular weight excluding hydrogens is 456 g/mol. The van der Waals surface area contributed by atoms with Gasteiger partial charge in [-0.3, -0.25) is 20.4 Å². The molecule has 0 atom stereocenters. The molecule has 0 fully saturated rings. The highest BCUT2D eigenvalue weighted by Crippen LogP contribution is 2.21. The van der Waals surface area contributed by atoms with Crippen molar-refractivity contribution < 1.29 is 19.4 Å². The van der Waals surface area contributed by atoms with E-state index in [9.17, 15) is 14.7 Å². The van der Waals surface area contributed by atoms with E-state index in [2.05, 4.69) is 28.0 Å². The number of carbonyl (C=O) groups excluding carboxylic acids is 2. The summed E-state index contributed by atoms with van der Waals surface area (Å²) in [5, 5.41) is 17.5. The molecule has 0 saturated carbocycles. The van der Waals surface area contributed by atoms with Crippen molar-refractivity contribution in [3.8, 4) is 11.5 Å². The molecule has 0 spiro atoms. The molecule has 0 saturated heterocycles. The number of ether oxygens (including phenoxy) is 1. The van der Waals surface area contributed by atoms with Crippen LogP contribution >= 0.6 is 0 Å². The highest BCUT2D eigenvalue weighted by Gasteiger charge is 2.09. The summed E-state index contributed by atoms with van der Waals surface area (Å²) in [6, 6.07) is 19.6. The first-order chi connectivity index (χ1) is 17.5. The minimum absolute atomic E-state index is 0.154. The topological polar surface area (TPSA) is 112 Å². The summed E-state index contributed by atoms with van der Waals surface area (Å²) >= 11 is 0. The van der Waals surface area contributed by atoms with E-state index in [1.807, 2.05) is 0 Å². The van der Waals surface area contributed by atoms with Crippen molar-refractivity contribution in [3.63, 3.8) is 0 Å². The number of benzene rings is 3. The molecule has 188 valence electrons. The lowest BCUT2D eigenvalue weighted by Crippen LogP contribution is -2.41. The van der Waals surface area contributed by atoms with Crippen molar-refractivity contribution in [2.24, 2.45) is 10.2 Å². The Bertz CT molecular complexity index is 1130. The number of nitrogens with zero attached hydrogens (tertiary/aromatic N) is 2. The first kappa shape index (κ1) is 26.4. The van der Waals surface area contributed by atoms with E-state index in [4.69, 9.17) is 4.74 Å². The maximum absolute atomic E-state index is 12.4. The number of hydrogen-bond donors (Lipinski definition) is 3. The zero-order valence-corrected chi connectivity index (χ0v) is 20.4. The number of nitrogens with one attached hydrogen (secondary N) is 2. The van der Waals surface area contributed by atoms with E-state index in [0.717, 1.165) is 12.8 Å². The second-order valence-corrected chi connectivity index (χ2v) is 8.31. The second-order valence-electron chi connectivity index (χ2n) is 8.31. The third-order valence-corrected chi connectivity index (χ3v) is 5.43. The van der Waals surface area contributed by atoms with Gasteiger partial charge in [0.15, 0.2) is 0 Å². The van der Waals surface area contributed by atoms with Crippen LogP contribution in [0.2, 0.25) is 0 Å². The fraction of sp³-hybridized carbons (Fsp3) is 0.286. The third-order valence-electron chi connectivity index (χ3n) is 5.43. The number of carbonyl (C=O) groups is 2.